The van der Waals surface area contributed by atoms with Crippen molar-refractivity contribution >= 4 is 16.6 Å². The number of rotatable bonds is 3. The maximum absolute atomic E-state index is 12.8. The largest absolute Gasteiger partial charge is 0.342 e. The Balaban J connectivity index is 2.00. The van der Waals surface area contributed by atoms with E-state index in [1.165, 1.54) is 6.08 Å². The first-order chi connectivity index (χ1) is 10.6. The van der Waals surface area contributed by atoms with Crippen LogP contribution in [-0.2, 0) is 25.0 Å². The van der Waals surface area contributed by atoms with Crippen LogP contribution in [0, 0.1) is 18.3 Å². The standard InChI is InChI=1S/C15H17NO5S/c1-2-3-7-16-13-6-5-11(22(18)19)10-12(13)15(14(16)17)20-8-4-9-21-15/h1,5-6,10,12-13,22H,3-4,7-9H2. The van der Waals surface area contributed by atoms with E-state index < -0.39 is 22.4 Å². The lowest BCUT2D eigenvalue weighted by atomic mass is 9.90. The van der Waals surface area contributed by atoms with Crippen LogP contribution >= 0.6 is 0 Å². The smallest absolute Gasteiger partial charge is 0.284 e. The molecule has 2 aliphatic heterocycles. The highest BCUT2D eigenvalue weighted by Crippen LogP contribution is 2.44. The summed E-state index contributed by atoms with van der Waals surface area (Å²) in [7, 11) is -2.72. The van der Waals surface area contributed by atoms with Gasteiger partial charge in [0.2, 0.25) is 0 Å². The number of carbonyl (C=O) groups excluding carboxylic acids is 1. The monoisotopic (exact) mass is 323 g/mol. The van der Waals surface area contributed by atoms with Crippen molar-refractivity contribution in [1.29, 1.82) is 0 Å². The Hall–Kier alpha value is -1.62. The Bertz CT molecular complexity index is 643. The first kappa shape index (κ1) is 15.3. The van der Waals surface area contributed by atoms with Gasteiger partial charge < -0.3 is 14.4 Å². The van der Waals surface area contributed by atoms with E-state index in [1.807, 2.05) is 0 Å². The van der Waals surface area contributed by atoms with Crippen LogP contribution in [0.1, 0.15) is 12.8 Å². The molecule has 6 nitrogen and oxygen atoms in total. The zero-order valence-electron chi connectivity index (χ0n) is 11.9. The molecule has 0 aromatic heterocycles. The van der Waals surface area contributed by atoms with E-state index in [9.17, 15) is 13.2 Å². The van der Waals surface area contributed by atoms with Crippen molar-refractivity contribution in [2.24, 2.45) is 5.92 Å². The summed E-state index contributed by atoms with van der Waals surface area (Å²) in [5.74, 6) is 0.342. The molecule has 0 radical (unpaired) electrons. The minimum absolute atomic E-state index is 0.181. The molecule has 2 atom stereocenters. The van der Waals surface area contributed by atoms with Crippen molar-refractivity contribution in [2.45, 2.75) is 24.7 Å². The normalized spacial score (nSPS) is 29.5. The summed E-state index contributed by atoms with van der Waals surface area (Å²) in [6, 6.07) is -0.294. The summed E-state index contributed by atoms with van der Waals surface area (Å²) in [6.45, 7) is 1.21. The number of terminal acetylenes is 1. The predicted molar refractivity (Wildman–Crippen MR) is 79.2 cm³/mol. The van der Waals surface area contributed by atoms with Crippen molar-refractivity contribution in [3.8, 4) is 12.3 Å². The molecule has 2 fully saturated rings. The molecular weight excluding hydrogens is 306 g/mol. The van der Waals surface area contributed by atoms with Gasteiger partial charge >= 0.3 is 0 Å². The summed E-state index contributed by atoms with van der Waals surface area (Å²) in [6.07, 6.45) is 11.2. The second-order valence-corrected chi connectivity index (χ2v) is 6.43. The van der Waals surface area contributed by atoms with E-state index in [-0.39, 0.29) is 16.9 Å². The molecule has 3 aliphatic rings. The first-order valence-corrected chi connectivity index (χ1v) is 8.35. The Morgan fingerprint density at radius 1 is 1.41 bits per heavy atom. The molecule has 0 N–H and O–H groups in total. The summed E-state index contributed by atoms with van der Waals surface area (Å²) < 4.78 is 33.9. The maximum atomic E-state index is 12.8. The minimum atomic E-state index is -2.72. The van der Waals surface area contributed by atoms with Gasteiger partial charge in [-0.25, -0.2) is 8.42 Å². The van der Waals surface area contributed by atoms with E-state index in [0.29, 0.717) is 32.6 Å². The molecule has 0 aromatic carbocycles. The highest BCUT2D eigenvalue weighted by atomic mass is 32.2. The Kier molecular flexibility index (Phi) is 4.08. The van der Waals surface area contributed by atoms with Crippen LogP contribution in [0.15, 0.2) is 23.1 Å². The topological polar surface area (TPSA) is 72.9 Å². The molecule has 2 saturated heterocycles. The van der Waals surface area contributed by atoms with E-state index in [0.717, 1.165) is 0 Å². The fourth-order valence-corrected chi connectivity index (χ4v) is 3.68. The molecule has 1 spiro atoms. The highest BCUT2D eigenvalue weighted by molar-refractivity contribution is 7.77. The van der Waals surface area contributed by atoms with Crippen LogP contribution in [0.3, 0.4) is 0 Å². The number of carbonyl (C=O) groups is 1. The second kappa shape index (κ2) is 5.88. The van der Waals surface area contributed by atoms with Crippen molar-refractivity contribution in [3.63, 3.8) is 0 Å². The quantitative estimate of drug-likeness (QED) is 0.586. The number of fused-ring (bicyclic) bond motifs is 2. The fraction of sp³-hybridized carbons (Fsp3) is 0.533. The lowest BCUT2D eigenvalue weighted by molar-refractivity contribution is -0.262. The molecule has 22 heavy (non-hydrogen) atoms. The number of hydrogen-bond acceptors (Lipinski definition) is 5. The molecule has 3 rings (SSSR count). The molecule has 0 saturated carbocycles. The lowest BCUT2D eigenvalue weighted by Crippen LogP contribution is -2.51. The number of hydrogen-bond donors (Lipinski definition) is 1. The van der Waals surface area contributed by atoms with Crippen LogP contribution in [0.25, 0.3) is 0 Å². The van der Waals surface area contributed by atoms with E-state index in [2.05, 4.69) is 5.92 Å². The van der Waals surface area contributed by atoms with Gasteiger partial charge in [-0.1, -0.05) is 12.2 Å². The second-order valence-electron chi connectivity index (χ2n) is 5.39. The highest BCUT2D eigenvalue weighted by Gasteiger charge is 2.61. The number of amides is 1. The van der Waals surface area contributed by atoms with Gasteiger partial charge in [0.05, 0.1) is 30.1 Å². The van der Waals surface area contributed by atoms with Crippen molar-refractivity contribution in [1.82, 2.24) is 4.90 Å². The van der Waals surface area contributed by atoms with Crippen LogP contribution in [0.5, 0.6) is 0 Å². The first-order valence-electron chi connectivity index (χ1n) is 7.17. The van der Waals surface area contributed by atoms with E-state index in [1.54, 1.807) is 17.1 Å². The molecule has 1 aliphatic carbocycles. The van der Waals surface area contributed by atoms with Crippen molar-refractivity contribution in [3.05, 3.63) is 23.1 Å². The van der Waals surface area contributed by atoms with Crippen molar-refractivity contribution < 1.29 is 22.7 Å². The fourth-order valence-electron chi connectivity index (χ4n) is 3.19. The average molecular weight is 323 g/mol. The minimum Gasteiger partial charge on any atom is -0.342 e. The number of ether oxygens (including phenoxy) is 2. The number of likely N-dealkylation sites (tertiary alicyclic amines) is 1. The molecule has 7 heteroatoms. The SMILES string of the molecule is C#CCCN1C(=O)C2(OCCCO2)C2C=C([SH](=O)=O)C=CC21. The van der Waals surface area contributed by atoms with Gasteiger partial charge in [0.15, 0.2) is 10.7 Å². The van der Waals surface area contributed by atoms with Gasteiger partial charge in [-0.05, 0) is 12.5 Å². The summed E-state index contributed by atoms with van der Waals surface area (Å²) >= 11 is 0. The number of thiol groups is 1. The molecule has 0 aromatic rings. The van der Waals surface area contributed by atoms with Crippen LogP contribution in [0.2, 0.25) is 0 Å². The summed E-state index contributed by atoms with van der Waals surface area (Å²) in [4.78, 5) is 14.6. The predicted octanol–water partition coefficient (Wildman–Crippen LogP) is 0.0350. The van der Waals surface area contributed by atoms with E-state index in [4.69, 9.17) is 15.9 Å². The Labute approximate surface area is 130 Å². The third-order valence-corrected chi connectivity index (χ3v) is 4.89. The zero-order valence-corrected chi connectivity index (χ0v) is 12.8. The number of nitrogens with zero attached hydrogens (tertiary/aromatic N) is 1. The molecule has 118 valence electrons. The summed E-state index contributed by atoms with van der Waals surface area (Å²) in [5.41, 5.74) is 0. The van der Waals surface area contributed by atoms with Gasteiger partial charge in [0.1, 0.15) is 0 Å². The van der Waals surface area contributed by atoms with Crippen LogP contribution < -0.4 is 0 Å². The van der Waals surface area contributed by atoms with Crippen LogP contribution in [-0.4, -0.2) is 50.8 Å². The van der Waals surface area contributed by atoms with Gasteiger partial charge in [-0.3, -0.25) is 4.79 Å². The van der Waals surface area contributed by atoms with Crippen LogP contribution in [0.4, 0.5) is 0 Å². The Morgan fingerprint density at radius 2 is 2.14 bits per heavy atom. The number of allylic oxidation sites excluding steroid dienone is 1. The zero-order chi connectivity index (χ0) is 15.7. The van der Waals surface area contributed by atoms with Gasteiger partial charge in [-0.15, -0.1) is 12.3 Å². The third-order valence-electron chi connectivity index (χ3n) is 4.17. The molecule has 0 bridgehead atoms. The lowest BCUT2D eigenvalue weighted by Gasteiger charge is -2.35. The maximum Gasteiger partial charge on any atom is 0.284 e. The third kappa shape index (κ3) is 2.28. The van der Waals surface area contributed by atoms with Gasteiger partial charge in [0.25, 0.3) is 11.7 Å². The average Bonchev–Trinajstić information content (AvgIpc) is 2.75. The van der Waals surface area contributed by atoms with Gasteiger partial charge in [0, 0.05) is 13.0 Å². The molecule has 2 heterocycles. The summed E-state index contributed by atoms with van der Waals surface area (Å²) in [5, 5.41) is 0. The van der Waals surface area contributed by atoms with Crippen molar-refractivity contribution in [2.75, 3.05) is 19.8 Å². The van der Waals surface area contributed by atoms with Gasteiger partial charge in [-0.2, -0.15) is 0 Å². The molecular formula is C15H17NO5S. The Morgan fingerprint density at radius 3 is 2.77 bits per heavy atom. The molecule has 2 unspecified atom stereocenters. The molecule has 1 amide bonds. The van der Waals surface area contributed by atoms with E-state index >= 15 is 0 Å².